The van der Waals surface area contributed by atoms with E-state index in [1.807, 2.05) is 35.9 Å². The average molecular weight is 316 g/mol. The number of amides is 2. The summed E-state index contributed by atoms with van der Waals surface area (Å²) in [5, 5.41) is 5.65. The first-order valence-electron chi connectivity index (χ1n) is 8.00. The third-order valence-electron chi connectivity index (χ3n) is 3.65. The van der Waals surface area contributed by atoms with Crippen molar-refractivity contribution < 1.29 is 9.59 Å². The van der Waals surface area contributed by atoms with E-state index in [9.17, 15) is 9.59 Å². The van der Waals surface area contributed by atoms with Crippen LogP contribution in [-0.4, -0.2) is 27.7 Å². The minimum atomic E-state index is -0.00886. The van der Waals surface area contributed by atoms with Gasteiger partial charge in [0.1, 0.15) is 5.65 Å². The molecule has 0 aliphatic carbocycles. The Morgan fingerprint density at radius 3 is 2.78 bits per heavy atom. The molecule has 124 valence electrons. The summed E-state index contributed by atoms with van der Waals surface area (Å²) in [5.41, 5.74) is 2.90. The highest BCUT2D eigenvalue weighted by molar-refractivity contribution is 5.75. The first-order chi connectivity index (χ1) is 11.1. The molecule has 2 amide bonds. The van der Waals surface area contributed by atoms with E-state index in [0.29, 0.717) is 19.5 Å². The Morgan fingerprint density at radius 1 is 1.22 bits per heavy atom. The SMILES string of the molecule is CC(=O)NCCCCCC(=O)NCc1cn2cccc(C)c2n1. The fourth-order valence-corrected chi connectivity index (χ4v) is 2.42. The van der Waals surface area contributed by atoms with Gasteiger partial charge in [-0.15, -0.1) is 0 Å². The molecule has 0 atom stereocenters. The molecule has 2 rings (SSSR count). The second-order valence-corrected chi connectivity index (χ2v) is 5.72. The molecular weight excluding hydrogens is 292 g/mol. The highest BCUT2D eigenvalue weighted by Gasteiger charge is 2.06. The fraction of sp³-hybridized carbons (Fsp3) is 0.471. The first kappa shape index (κ1) is 17.0. The highest BCUT2D eigenvalue weighted by Crippen LogP contribution is 2.09. The van der Waals surface area contributed by atoms with E-state index in [4.69, 9.17) is 0 Å². The molecule has 2 N–H and O–H groups in total. The van der Waals surface area contributed by atoms with E-state index in [0.717, 1.165) is 36.2 Å². The van der Waals surface area contributed by atoms with Gasteiger partial charge in [0, 0.05) is 32.3 Å². The van der Waals surface area contributed by atoms with Gasteiger partial charge in [-0.3, -0.25) is 9.59 Å². The summed E-state index contributed by atoms with van der Waals surface area (Å²) in [6.45, 7) is 4.66. The molecule has 0 fully saturated rings. The third-order valence-corrected chi connectivity index (χ3v) is 3.65. The van der Waals surface area contributed by atoms with Crippen molar-refractivity contribution in [1.82, 2.24) is 20.0 Å². The van der Waals surface area contributed by atoms with Crippen LogP contribution in [0.4, 0.5) is 0 Å². The summed E-state index contributed by atoms with van der Waals surface area (Å²) in [5.74, 6) is 0.0312. The second-order valence-electron chi connectivity index (χ2n) is 5.72. The van der Waals surface area contributed by atoms with Gasteiger partial charge in [-0.1, -0.05) is 12.5 Å². The van der Waals surface area contributed by atoms with Crippen molar-refractivity contribution in [3.63, 3.8) is 0 Å². The van der Waals surface area contributed by atoms with Crippen LogP contribution >= 0.6 is 0 Å². The summed E-state index contributed by atoms with van der Waals surface area (Å²) < 4.78 is 1.97. The van der Waals surface area contributed by atoms with Crippen molar-refractivity contribution in [3.8, 4) is 0 Å². The van der Waals surface area contributed by atoms with E-state index >= 15 is 0 Å². The zero-order valence-electron chi connectivity index (χ0n) is 13.8. The van der Waals surface area contributed by atoms with E-state index in [2.05, 4.69) is 15.6 Å². The van der Waals surface area contributed by atoms with Crippen LogP contribution in [0, 0.1) is 6.92 Å². The maximum atomic E-state index is 11.8. The molecule has 2 heterocycles. The molecule has 0 bridgehead atoms. The van der Waals surface area contributed by atoms with E-state index in [1.54, 1.807) is 0 Å². The van der Waals surface area contributed by atoms with Gasteiger partial charge in [0.05, 0.1) is 12.2 Å². The molecule has 0 aliphatic heterocycles. The molecule has 0 aliphatic rings. The second kappa shape index (κ2) is 8.31. The number of unbranched alkanes of at least 4 members (excludes halogenated alkanes) is 2. The van der Waals surface area contributed by atoms with Crippen molar-refractivity contribution in [1.29, 1.82) is 0 Å². The van der Waals surface area contributed by atoms with Crippen molar-refractivity contribution in [2.45, 2.75) is 46.1 Å². The van der Waals surface area contributed by atoms with Crippen LogP contribution in [0.3, 0.4) is 0 Å². The number of aryl methyl sites for hydroxylation is 1. The number of pyridine rings is 1. The van der Waals surface area contributed by atoms with Crippen LogP contribution in [0.25, 0.3) is 5.65 Å². The Balaban J connectivity index is 1.67. The van der Waals surface area contributed by atoms with Crippen molar-refractivity contribution in [2.75, 3.05) is 6.54 Å². The molecule has 0 spiro atoms. The fourth-order valence-electron chi connectivity index (χ4n) is 2.42. The number of hydrogen-bond donors (Lipinski definition) is 2. The molecule has 2 aromatic rings. The number of carbonyl (C=O) groups is 2. The largest absolute Gasteiger partial charge is 0.356 e. The maximum Gasteiger partial charge on any atom is 0.220 e. The summed E-state index contributed by atoms with van der Waals surface area (Å²) in [6, 6.07) is 4.00. The lowest BCUT2D eigenvalue weighted by Crippen LogP contribution is -2.23. The molecule has 0 saturated carbocycles. The summed E-state index contributed by atoms with van der Waals surface area (Å²) in [4.78, 5) is 27.1. The van der Waals surface area contributed by atoms with Gasteiger partial charge in [0.15, 0.2) is 0 Å². The highest BCUT2D eigenvalue weighted by atomic mass is 16.2. The van der Waals surface area contributed by atoms with Crippen LogP contribution in [-0.2, 0) is 16.1 Å². The van der Waals surface area contributed by atoms with E-state index in [-0.39, 0.29) is 11.8 Å². The number of imidazole rings is 1. The normalized spacial score (nSPS) is 10.7. The lowest BCUT2D eigenvalue weighted by atomic mass is 10.2. The number of nitrogens with zero attached hydrogens (tertiary/aromatic N) is 2. The van der Waals surface area contributed by atoms with Gasteiger partial charge in [0.2, 0.25) is 11.8 Å². The number of aromatic nitrogens is 2. The number of hydrogen-bond acceptors (Lipinski definition) is 3. The smallest absolute Gasteiger partial charge is 0.220 e. The summed E-state index contributed by atoms with van der Waals surface area (Å²) in [7, 11) is 0. The molecule has 0 radical (unpaired) electrons. The predicted molar refractivity (Wildman–Crippen MR) is 88.9 cm³/mol. The lowest BCUT2D eigenvalue weighted by molar-refractivity contribution is -0.121. The Labute approximate surface area is 136 Å². The van der Waals surface area contributed by atoms with Crippen LogP contribution < -0.4 is 10.6 Å². The van der Waals surface area contributed by atoms with Crippen LogP contribution in [0.1, 0.15) is 43.9 Å². The van der Waals surface area contributed by atoms with Gasteiger partial charge in [-0.05, 0) is 31.4 Å². The molecule has 2 aromatic heterocycles. The molecular formula is C17H24N4O2. The van der Waals surface area contributed by atoms with Gasteiger partial charge in [0.25, 0.3) is 0 Å². The Kier molecular flexibility index (Phi) is 6.14. The minimum Gasteiger partial charge on any atom is -0.356 e. The van der Waals surface area contributed by atoms with Gasteiger partial charge >= 0.3 is 0 Å². The number of rotatable bonds is 8. The number of nitrogens with one attached hydrogen (secondary N) is 2. The van der Waals surface area contributed by atoms with Crippen molar-refractivity contribution in [2.24, 2.45) is 0 Å². The zero-order chi connectivity index (χ0) is 16.7. The Morgan fingerprint density at radius 2 is 2.04 bits per heavy atom. The molecule has 6 nitrogen and oxygen atoms in total. The predicted octanol–water partition coefficient (Wildman–Crippen LogP) is 1.96. The summed E-state index contributed by atoms with van der Waals surface area (Å²) >= 11 is 0. The topological polar surface area (TPSA) is 75.5 Å². The third kappa shape index (κ3) is 5.39. The van der Waals surface area contributed by atoms with Crippen LogP contribution in [0.2, 0.25) is 0 Å². The monoisotopic (exact) mass is 316 g/mol. The average Bonchev–Trinajstić information content (AvgIpc) is 2.93. The standard InChI is InChI=1S/C17H24N4O2/c1-13-7-6-10-21-12-15(20-17(13)21)11-19-16(23)8-4-3-5-9-18-14(2)22/h6-7,10,12H,3-5,8-9,11H2,1-2H3,(H,18,22)(H,19,23). The van der Waals surface area contributed by atoms with E-state index < -0.39 is 0 Å². The van der Waals surface area contributed by atoms with E-state index in [1.165, 1.54) is 6.92 Å². The molecule has 0 unspecified atom stereocenters. The molecule has 6 heteroatoms. The Bertz CT molecular complexity index is 678. The minimum absolute atomic E-state index is 0.00886. The zero-order valence-corrected chi connectivity index (χ0v) is 13.8. The van der Waals surface area contributed by atoms with Crippen LogP contribution in [0.15, 0.2) is 24.5 Å². The van der Waals surface area contributed by atoms with Gasteiger partial charge in [-0.25, -0.2) is 4.98 Å². The quantitative estimate of drug-likeness (QED) is 0.731. The number of carbonyl (C=O) groups excluding carboxylic acids is 2. The van der Waals surface area contributed by atoms with Crippen molar-refractivity contribution in [3.05, 3.63) is 35.8 Å². The number of fused-ring (bicyclic) bond motifs is 1. The molecule has 23 heavy (non-hydrogen) atoms. The van der Waals surface area contributed by atoms with Crippen molar-refractivity contribution >= 4 is 17.5 Å². The Hall–Kier alpha value is -2.37. The van der Waals surface area contributed by atoms with Gasteiger partial charge < -0.3 is 15.0 Å². The molecule has 0 saturated heterocycles. The van der Waals surface area contributed by atoms with Gasteiger partial charge in [-0.2, -0.15) is 0 Å². The maximum absolute atomic E-state index is 11.8. The lowest BCUT2D eigenvalue weighted by Gasteiger charge is -2.04. The summed E-state index contributed by atoms with van der Waals surface area (Å²) in [6.07, 6.45) is 7.06. The molecule has 0 aromatic carbocycles. The first-order valence-corrected chi connectivity index (χ1v) is 8.00. The van der Waals surface area contributed by atoms with Crippen LogP contribution in [0.5, 0.6) is 0 Å².